The highest BCUT2D eigenvalue weighted by Gasteiger charge is 2.27. The minimum Gasteiger partial charge on any atom is -0.395 e. The summed E-state index contributed by atoms with van der Waals surface area (Å²) in [5.41, 5.74) is 0.588. The van der Waals surface area contributed by atoms with Crippen molar-refractivity contribution in [3.63, 3.8) is 0 Å². The van der Waals surface area contributed by atoms with Crippen molar-refractivity contribution in [1.82, 2.24) is 19.8 Å². The van der Waals surface area contributed by atoms with E-state index >= 15 is 0 Å². The van der Waals surface area contributed by atoms with Crippen LogP contribution in [0.5, 0.6) is 0 Å². The van der Waals surface area contributed by atoms with Crippen molar-refractivity contribution >= 4 is 10.0 Å². The maximum absolute atomic E-state index is 12.5. The molecule has 0 fully saturated rings. The SMILES string of the molecule is C=CCN(CCO)S(=O)(=O)c1[nH]ncc1CNCCC. The molecule has 0 radical (unpaired) electrons. The number of aromatic nitrogens is 2. The molecule has 114 valence electrons. The van der Waals surface area contributed by atoms with Gasteiger partial charge in [-0.05, 0) is 13.0 Å². The van der Waals surface area contributed by atoms with Gasteiger partial charge in [0.05, 0.1) is 12.8 Å². The molecule has 0 aromatic carbocycles. The summed E-state index contributed by atoms with van der Waals surface area (Å²) in [6.07, 6.45) is 3.95. The molecule has 1 aromatic rings. The Hall–Kier alpha value is -1.22. The van der Waals surface area contributed by atoms with Crippen molar-refractivity contribution in [3.8, 4) is 0 Å². The monoisotopic (exact) mass is 302 g/mol. The molecule has 1 aromatic heterocycles. The summed E-state index contributed by atoms with van der Waals surface area (Å²) in [5, 5.41) is 18.5. The van der Waals surface area contributed by atoms with Crippen LogP contribution in [0, 0.1) is 0 Å². The molecule has 1 heterocycles. The van der Waals surface area contributed by atoms with Gasteiger partial charge in [0, 0.05) is 25.2 Å². The highest BCUT2D eigenvalue weighted by atomic mass is 32.2. The second-order valence-corrected chi connectivity index (χ2v) is 6.15. The third kappa shape index (κ3) is 4.14. The van der Waals surface area contributed by atoms with E-state index in [-0.39, 0.29) is 24.7 Å². The van der Waals surface area contributed by atoms with Crippen molar-refractivity contribution in [2.45, 2.75) is 24.9 Å². The lowest BCUT2D eigenvalue weighted by Gasteiger charge is -2.19. The predicted molar refractivity (Wildman–Crippen MR) is 76.6 cm³/mol. The fraction of sp³-hybridized carbons (Fsp3) is 0.583. The van der Waals surface area contributed by atoms with E-state index in [0.717, 1.165) is 17.3 Å². The molecule has 0 amide bonds. The van der Waals surface area contributed by atoms with Gasteiger partial charge in [-0.3, -0.25) is 5.10 Å². The zero-order valence-electron chi connectivity index (χ0n) is 11.7. The fourth-order valence-corrected chi connectivity index (χ4v) is 3.25. The van der Waals surface area contributed by atoms with Gasteiger partial charge in [0.15, 0.2) is 5.03 Å². The van der Waals surface area contributed by atoms with Gasteiger partial charge in [0.2, 0.25) is 0 Å². The van der Waals surface area contributed by atoms with Gasteiger partial charge in [-0.2, -0.15) is 9.40 Å². The van der Waals surface area contributed by atoms with Crippen LogP contribution in [0.15, 0.2) is 23.9 Å². The standard InChI is InChI=1S/C12H22N4O3S/c1-3-5-13-9-11-10-14-15-12(11)20(18,19)16(6-4-2)7-8-17/h4,10,13,17H,2-3,5-9H2,1H3,(H,14,15). The second kappa shape index (κ2) is 8.15. The van der Waals surface area contributed by atoms with Crippen LogP contribution in [0.2, 0.25) is 0 Å². The van der Waals surface area contributed by atoms with Gasteiger partial charge in [0.25, 0.3) is 10.0 Å². The summed E-state index contributed by atoms with van der Waals surface area (Å²) in [6, 6.07) is 0. The lowest BCUT2D eigenvalue weighted by atomic mass is 10.3. The Kier molecular flexibility index (Phi) is 6.86. The molecule has 0 unspecified atom stereocenters. The Morgan fingerprint density at radius 2 is 2.35 bits per heavy atom. The molecule has 0 atom stereocenters. The lowest BCUT2D eigenvalue weighted by molar-refractivity contribution is 0.260. The molecule has 0 spiro atoms. The number of nitrogens with one attached hydrogen (secondary N) is 2. The predicted octanol–water partition coefficient (Wildman–Crippen LogP) is 0.0783. The number of sulfonamides is 1. The van der Waals surface area contributed by atoms with Gasteiger partial charge in [-0.1, -0.05) is 13.0 Å². The van der Waals surface area contributed by atoms with Crippen molar-refractivity contribution < 1.29 is 13.5 Å². The smallest absolute Gasteiger partial charge is 0.260 e. The molecule has 0 saturated carbocycles. The molecule has 0 aliphatic rings. The van der Waals surface area contributed by atoms with Crippen molar-refractivity contribution in [3.05, 3.63) is 24.4 Å². The quantitative estimate of drug-likeness (QED) is 0.420. The van der Waals surface area contributed by atoms with E-state index in [1.54, 1.807) is 0 Å². The maximum Gasteiger partial charge on any atom is 0.260 e. The number of rotatable bonds is 10. The van der Waals surface area contributed by atoms with Crippen LogP contribution in [-0.2, 0) is 16.6 Å². The first-order valence-electron chi connectivity index (χ1n) is 6.52. The highest BCUT2D eigenvalue weighted by Crippen LogP contribution is 2.17. The number of aliphatic hydroxyl groups excluding tert-OH is 1. The van der Waals surface area contributed by atoms with Gasteiger partial charge in [0.1, 0.15) is 0 Å². The Morgan fingerprint density at radius 3 is 2.95 bits per heavy atom. The van der Waals surface area contributed by atoms with Gasteiger partial charge in [-0.25, -0.2) is 8.42 Å². The molecule has 7 nitrogen and oxygen atoms in total. The Bertz CT molecular complexity index is 513. The molecule has 20 heavy (non-hydrogen) atoms. The summed E-state index contributed by atoms with van der Waals surface area (Å²) >= 11 is 0. The van der Waals surface area contributed by atoms with Crippen LogP contribution in [0.1, 0.15) is 18.9 Å². The minimum absolute atomic E-state index is 0.0230. The third-order valence-electron chi connectivity index (χ3n) is 2.70. The molecular formula is C12H22N4O3S. The zero-order valence-corrected chi connectivity index (χ0v) is 12.5. The van der Waals surface area contributed by atoms with E-state index in [0.29, 0.717) is 12.1 Å². The molecular weight excluding hydrogens is 280 g/mol. The number of H-pyrrole nitrogens is 1. The summed E-state index contributed by atoms with van der Waals surface area (Å²) in [7, 11) is -3.71. The number of aromatic amines is 1. The lowest BCUT2D eigenvalue weighted by Crippen LogP contribution is -2.34. The van der Waals surface area contributed by atoms with Crippen molar-refractivity contribution in [1.29, 1.82) is 0 Å². The molecule has 1 rings (SSSR count). The van der Waals surface area contributed by atoms with E-state index in [1.807, 2.05) is 6.92 Å². The topological polar surface area (TPSA) is 98.3 Å². The van der Waals surface area contributed by atoms with Gasteiger partial charge < -0.3 is 10.4 Å². The largest absolute Gasteiger partial charge is 0.395 e. The van der Waals surface area contributed by atoms with E-state index in [9.17, 15) is 8.42 Å². The Balaban J connectivity index is 2.95. The van der Waals surface area contributed by atoms with Crippen LogP contribution in [0.25, 0.3) is 0 Å². The fourth-order valence-electron chi connectivity index (χ4n) is 1.74. The van der Waals surface area contributed by atoms with Crippen LogP contribution in [0.3, 0.4) is 0 Å². The molecule has 0 aliphatic carbocycles. The molecule has 0 bridgehead atoms. The second-order valence-electron chi connectivity index (χ2n) is 4.28. The molecule has 0 aliphatic heterocycles. The number of nitrogens with zero attached hydrogens (tertiary/aromatic N) is 2. The molecule has 0 saturated heterocycles. The van der Waals surface area contributed by atoms with Crippen molar-refractivity contribution in [2.24, 2.45) is 0 Å². The first kappa shape index (κ1) is 16.8. The maximum atomic E-state index is 12.5. The average molecular weight is 302 g/mol. The number of hydrogen-bond acceptors (Lipinski definition) is 5. The third-order valence-corrected chi connectivity index (χ3v) is 4.58. The molecule has 8 heteroatoms. The van der Waals surface area contributed by atoms with Crippen LogP contribution in [-0.4, -0.2) is 54.3 Å². The van der Waals surface area contributed by atoms with E-state index in [2.05, 4.69) is 22.1 Å². The summed E-state index contributed by atoms with van der Waals surface area (Å²) in [4.78, 5) is 0. The summed E-state index contributed by atoms with van der Waals surface area (Å²) in [5.74, 6) is 0. The van der Waals surface area contributed by atoms with Gasteiger partial charge >= 0.3 is 0 Å². The summed E-state index contributed by atoms with van der Waals surface area (Å²) in [6.45, 7) is 6.72. The van der Waals surface area contributed by atoms with Crippen LogP contribution < -0.4 is 5.32 Å². The Labute approximate surface area is 119 Å². The van der Waals surface area contributed by atoms with Gasteiger partial charge in [-0.15, -0.1) is 6.58 Å². The number of hydrogen-bond donors (Lipinski definition) is 3. The molecule has 3 N–H and O–H groups in total. The van der Waals surface area contributed by atoms with E-state index in [1.165, 1.54) is 12.3 Å². The van der Waals surface area contributed by atoms with E-state index in [4.69, 9.17) is 5.11 Å². The highest BCUT2D eigenvalue weighted by molar-refractivity contribution is 7.89. The zero-order chi connectivity index (χ0) is 15.0. The summed E-state index contributed by atoms with van der Waals surface area (Å²) < 4.78 is 26.2. The van der Waals surface area contributed by atoms with Crippen LogP contribution >= 0.6 is 0 Å². The first-order chi connectivity index (χ1) is 9.57. The first-order valence-corrected chi connectivity index (χ1v) is 7.96. The van der Waals surface area contributed by atoms with Crippen molar-refractivity contribution in [2.75, 3.05) is 26.2 Å². The Morgan fingerprint density at radius 1 is 1.60 bits per heavy atom. The van der Waals surface area contributed by atoms with E-state index < -0.39 is 10.0 Å². The minimum atomic E-state index is -3.71. The number of aliphatic hydroxyl groups is 1. The average Bonchev–Trinajstić information content (AvgIpc) is 2.88. The normalized spacial score (nSPS) is 11.9. The van der Waals surface area contributed by atoms with Crippen LogP contribution in [0.4, 0.5) is 0 Å².